The molecule has 0 saturated carbocycles. The molecule has 0 unspecified atom stereocenters. The molecule has 9 aromatic rings. The summed E-state index contributed by atoms with van der Waals surface area (Å²) in [5.41, 5.74) is 0. The summed E-state index contributed by atoms with van der Waals surface area (Å²) in [4.78, 5) is 0. The van der Waals surface area contributed by atoms with E-state index < -0.39 is 0 Å². The van der Waals surface area contributed by atoms with E-state index in [2.05, 4.69) is 177 Å². The average molecular weight is 1350 g/mol. The number of benzene rings is 8. The summed E-state index contributed by atoms with van der Waals surface area (Å²) in [5.74, 6) is 5.89. The lowest BCUT2D eigenvalue weighted by Crippen LogP contribution is -2.03. The first-order chi connectivity index (χ1) is 49.4. The van der Waals surface area contributed by atoms with Gasteiger partial charge in [0.1, 0.15) is 23.0 Å². The molecule has 8 bridgehead atoms. The zero-order valence-electron chi connectivity index (χ0n) is 62.5. The molecular weight excluding hydrogens is 1230 g/mol. The van der Waals surface area contributed by atoms with Gasteiger partial charge in [-0.25, -0.2) is 0 Å². The highest BCUT2D eigenvalue weighted by Gasteiger charge is 2.21. The highest BCUT2D eigenvalue weighted by Crippen LogP contribution is 2.47. The zero-order chi connectivity index (χ0) is 69.9. The molecule has 0 amide bonds. The Hall–Kier alpha value is -8.04. The molecule has 9 aromatic carbocycles. The highest BCUT2D eigenvalue weighted by molar-refractivity contribution is 6.29. The van der Waals surface area contributed by atoms with Crippen LogP contribution in [0.25, 0.3) is 86.2 Å². The fourth-order valence-corrected chi connectivity index (χ4v) is 13.5. The molecule has 0 aliphatic rings. The SMILES string of the molecule is CCCCCCOc1cc2c(cc1OCCCCCC)c1cc(OCCCCCC)c3c#cc#cc4cc5c(cc4OCCCCCC)c4cc(OCCCCCC)c(OCCCCCC)cc4c4cc(OCCCCCC)c(c#cc#cc6cc(c2cc6OCCCCCC)c1c3)cc45. The molecule has 0 aliphatic heterocycles. The Morgan fingerprint density at radius 2 is 0.310 bits per heavy atom. The quantitative estimate of drug-likeness (QED) is 0.0276. The van der Waals surface area contributed by atoms with Crippen LogP contribution in [0, 0.1) is 48.5 Å². The summed E-state index contributed by atoms with van der Waals surface area (Å²) in [5, 5.41) is 15.3. The molecule has 0 atom stereocenters. The standard InChI is InChI=1S/C92H116O8/c1-9-17-25-37-49-93-85-61-77-73-57-69(85)45-33-34-46-70-59-75-76-60-72(48-36-35-47-71-58-74(73)78(62-86(71)94-50-38-26-18-10-2)82-66-90(98-54-42-30-22-14-6)89(65-81(77)82)97-53-41-29-21-13-5)88(96-52-40-28-20-12-4)64-80(76)84-68-92(100-56-44-32-24-16-8)91(99-55-43-31-23-15-7)67-83(84)79(75)63-87(70)95-51-39-27-19-11-3/h57-68H,9-32,37-44,49-56H2,1-8H3. The van der Waals surface area contributed by atoms with E-state index in [0.717, 1.165) is 312 Å². The maximum atomic E-state index is 6.92. The molecular formula is C92H116O8. The lowest BCUT2D eigenvalue weighted by molar-refractivity contribution is 0.259. The number of hydrogen-bond acceptors (Lipinski definition) is 8. The molecule has 0 heterocycles. The van der Waals surface area contributed by atoms with Crippen LogP contribution in [-0.4, -0.2) is 52.9 Å². The summed E-state index contributed by atoms with van der Waals surface area (Å²) < 4.78 is 54.9. The van der Waals surface area contributed by atoms with Crippen LogP contribution < -0.4 is 37.9 Å². The van der Waals surface area contributed by atoms with Gasteiger partial charge in [-0.1, -0.05) is 209 Å². The Morgan fingerprint density at radius 1 is 0.170 bits per heavy atom. The second-order valence-corrected chi connectivity index (χ2v) is 27.5. The van der Waals surface area contributed by atoms with Crippen molar-refractivity contribution in [2.24, 2.45) is 0 Å². The van der Waals surface area contributed by atoms with Crippen molar-refractivity contribution in [3.63, 3.8) is 0 Å². The van der Waals surface area contributed by atoms with E-state index in [4.69, 9.17) is 37.9 Å². The third-order valence-electron chi connectivity index (χ3n) is 19.3. The van der Waals surface area contributed by atoms with E-state index in [-0.39, 0.29) is 0 Å². The van der Waals surface area contributed by atoms with Gasteiger partial charge in [0.2, 0.25) is 0 Å². The van der Waals surface area contributed by atoms with Gasteiger partial charge in [0.05, 0.1) is 74.4 Å². The Morgan fingerprint density at radius 3 is 0.470 bits per heavy atom. The summed E-state index contributed by atoms with van der Waals surface area (Å²) >= 11 is 0. The van der Waals surface area contributed by atoms with E-state index in [9.17, 15) is 0 Å². The highest BCUT2D eigenvalue weighted by atomic mass is 16.5. The van der Waals surface area contributed by atoms with Crippen LogP contribution in [0.4, 0.5) is 0 Å². The monoisotopic (exact) mass is 1350 g/mol. The van der Waals surface area contributed by atoms with Gasteiger partial charge in [-0.15, -0.1) is 0 Å². The topological polar surface area (TPSA) is 73.8 Å². The van der Waals surface area contributed by atoms with Gasteiger partial charge in [-0.3, -0.25) is 0 Å². The molecule has 100 heavy (non-hydrogen) atoms. The minimum Gasteiger partial charge on any atom is -0.492 e. The summed E-state index contributed by atoms with van der Waals surface area (Å²) in [7, 11) is 0. The van der Waals surface area contributed by atoms with Crippen molar-refractivity contribution < 1.29 is 37.9 Å². The molecule has 0 aromatic heterocycles. The first-order valence-corrected chi connectivity index (χ1v) is 39.5. The number of rotatable bonds is 48. The van der Waals surface area contributed by atoms with Crippen LogP contribution >= 0.6 is 0 Å². The minimum atomic E-state index is 0.562. The number of unbranched alkanes of at least 4 members (excludes halogenated alkanes) is 24. The lowest BCUT2D eigenvalue weighted by atomic mass is 9.92. The molecule has 0 saturated heterocycles. The minimum absolute atomic E-state index is 0.562. The van der Waals surface area contributed by atoms with E-state index in [1.807, 2.05) is 0 Å². The van der Waals surface area contributed by atoms with Gasteiger partial charge >= 0.3 is 0 Å². The maximum Gasteiger partial charge on any atom is 0.161 e. The predicted octanol–water partition coefficient (Wildman–Crippen LogP) is 26.7. The Kier molecular flexibility index (Phi) is 32.2. The third-order valence-corrected chi connectivity index (χ3v) is 19.3. The van der Waals surface area contributed by atoms with Crippen molar-refractivity contribution in [3.05, 3.63) is 121 Å². The second-order valence-electron chi connectivity index (χ2n) is 27.5. The van der Waals surface area contributed by atoms with Crippen LogP contribution in [-0.2, 0) is 0 Å². The van der Waals surface area contributed by atoms with E-state index in [0.29, 0.717) is 52.9 Å². The van der Waals surface area contributed by atoms with Gasteiger partial charge < -0.3 is 37.9 Å². The normalized spacial score (nSPS) is 11.3. The smallest absolute Gasteiger partial charge is 0.161 e. The fourth-order valence-electron chi connectivity index (χ4n) is 13.5. The van der Waals surface area contributed by atoms with Crippen molar-refractivity contribution in [1.82, 2.24) is 0 Å². The van der Waals surface area contributed by atoms with Gasteiger partial charge in [0, 0.05) is 0 Å². The number of ether oxygens (including phenoxy) is 8. The Balaban J connectivity index is 1.37. The van der Waals surface area contributed by atoms with E-state index in [1.54, 1.807) is 0 Å². The first kappa shape index (κ1) is 76.1. The van der Waals surface area contributed by atoms with Gasteiger partial charge in [0.15, 0.2) is 23.0 Å². The molecule has 532 valence electrons. The third kappa shape index (κ3) is 21.5. The Labute approximate surface area is 601 Å². The zero-order valence-corrected chi connectivity index (χ0v) is 62.5. The van der Waals surface area contributed by atoms with Gasteiger partial charge in [-0.2, -0.15) is 0 Å². The van der Waals surface area contributed by atoms with Crippen molar-refractivity contribution in [2.75, 3.05) is 52.9 Å². The molecule has 0 N–H and O–H groups in total. The molecule has 9 rings (SSSR count). The lowest BCUT2D eigenvalue weighted by Gasteiger charge is -2.18. The molecule has 8 nitrogen and oxygen atoms in total. The average Bonchev–Trinajstić information content (AvgIpc) is 0.735. The van der Waals surface area contributed by atoms with E-state index >= 15 is 0 Å². The molecule has 0 spiro atoms. The largest absolute Gasteiger partial charge is 0.492 e. The van der Waals surface area contributed by atoms with Crippen LogP contribution in [0.5, 0.6) is 46.0 Å². The first-order valence-electron chi connectivity index (χ1n) is 39.5. The van der Waals surface area contributed by atoms with Crippen molar-refractivity contribution >= 4 is 86.2 Å². The van der Waals surface area contributed by atoms with Crippen molar-refractivity contribution in [2.45, 2.75) is 261 Å². The van der Waals surface area contributed by atoms with Crippen LogP contribution in [0.2, 0.25) is 0 Å². The molecule has 0 fully saturated rings. The Bertz CT molecular complexity index is 3550. The molecule has 8 heteroatoms. The van der Waals surface area contributed by atoms with Crippen LogP contribution in [0.15, 0.2) is 72.8 Å². The summed E-state index contributed by atoms with van der Waals surface area (Å²) in [6.45, 7) is 22.6. The predicted molar refractivity (Wildman–Crippen MR) is 421 cm³/mol. The van der Waals surface area contributed by atoms with Gasteiger partial charge in [-0.05, 0) is 237 Å². The maximum absolute atomic E-state index is 6.92. The van der Waals surface area contributed by atoms with Crippen molar-refractivity contribution in [3.8, 4) is 46.0 Å². The molecule has 0 radical (unpaired) electrons. The van der Waals surface area contributed by atoms with Gasteiger partial charge in [0.25, 0.3) is 0 Å². The number of fused-ring (bicyclic) bond motifs is 10. The molecule has 0 aliphatic carbocycles. The second kappa shape index (κ2) is 42.3. The van der Waals surface area contributed by atoms with E-state index in [1.165, 1.54) is 25.7 Å². The summed E-state index contributed by atoms with van der Waals surface area (Å²) in [6, 6.07) is 54.4. The fraction of sp³-hybridized carbons (Fsp3) is 0.522. The number of hydrogen-bond donors (Lipinski definition) is 0. The van der Waals surface area contributed by atoms with Crippen LogP contribution in [0.1, 0.15) is 261 Å². The van der Waals surface area contributed by atoms with Crippen molar-refractivity contribution in [1.29, 1.82) is 0 Å². The van der Waals surface area contributed by atoms with Crippen LogP contribution in [0.3, 0.4) is 0 Å². The summed E-state index contributed by atoms with van der Waals surface area (Å²) in [6.07, 6.45) is 34.9.